The van der Waals surface area contributed by atoms with Crippen molar-refractivity contribution in [1.29, 1.82) is 0 Å². The molecule has 1 aromatic carbocycles. The van der Waals surface area contributed by atoms with Crippen LogP contribution in [0.25, 0.3) is 0 Å². The van der Waals surface area contributed by atoms with Crippen molar-refractivity contribution in [2.45, 2.75) is 39.0 Å². The van der Waals surface area contributed by atoms with Crippen molar-refractivity contribution in [3.8, 4) is 0 Å². The number of benzene rings is 1. The SMILES string of the molecule is Cc1ccc2c(c1)CCCN2c1nc2c(s1)CCCC2=O. The molecule has 1 aliphatic heterocycles. The van der Waals surface area contributed by atoms with Gasteiger partial charge in [-0.1, -0.05) is 17.7 Å². The molecule has 0 spiro atoms. The highest BCUT2D eigenvalue weighted by Crippen LogP contribution is 2.38. The standard InChI is InChI=1S/C17H18N2OS/c1-11-7-8-13-12(10-11)4-3-9-19(13)17-18-16-14(20)5-2-6-15(16)21-17/h7-8,10H,2-6,9H2,1H3. The third-order valence-electron chi connectivity index (χ3n) is 4.34. The van der Waals surface area contributed by atoms with E-state index < -0.39 is 0 Å². The lowest BCUT2D eigenvalue weighted by Gasteiger charge is -2.29. The second-order valence-corrected chi connectivity index (χ2v) is 6.99. The summed E-state index contributed by atoms with van der Waals surface area (Å²) in [5.41, 5.74) is 4.72. The minimum Gasteiger partial charge on any atom is -0.318 e. The van der Waals surface area contributed by atoms with E-state index >= 15 is 0 Å². The number of carbonyl (C=O) groups excluding carboxylic acids is 1. The number of ketones is 1. The van der Waals surface area contributed by atoms with Crippen LogP contribution in [0.15, 0.2) is 18.2 Å². The molecule has 0 amide bonds. The molecule has 0 atom stereocenters. The Labute approximate surface area is 128 Å². The Morgan fingerprint density at radius 3 is 2.95 bits per heavy atom. The van der Waals surface area contributed by atoms with Gasteiger partial charge >= 0.3 is 0 Å². The van der Waals surface area contributed by atoms with Gasteiger partial charge in [0.1, 0.15) is 5.69 Å². The lowest BCUT2D eigenvalue weighted by molar-refractivity contribution is 0.0968. The molecule has 0 N–H and O–H groups in total. The zero-order valence-corrected chi connectivity index (χ0v) is 13.0. The van der Waals surface area contributed by atoms with Crippen molar-refractivity contribution in [3.05, 3.63) is 39.9 Å². The van der Waals surface area contributed by atoms with Crippen molar-refractivity contribution in [3.63, 3.8) is 0 Å². The molecule has 0 fully saturated rings. The number of hydrogen-bond acceptors (Lipinski definition) is 4. The highest BCUT2D eigenvalue weighted by molar-refractivity contribution is 7.16. The lowest BCUT2D eigenvalue weighted by Crippen LogP contribution is -2.24. The molecule has 4 rings (SSSR count). The zero-order valence-electron chi connectivity index (χ0n) is 12.2. The van der Waals surface area contributed by atoms with Gasteiger partial charge in [0.15, 0.2) is 10.9 Å². The first-order valence-electron chi connectivity index (χ1n) is 7.62. The number of nitrogens with zero attached hydrogens (tertiary/aromatic N) is 2. The first-order valence-corrected chi connectivity index (χ1v) is 8.44. The Morgan fingerprint density at radius 1 is 1.19 bits per heavy atom. The third kappa shape index (κ3) is 2.18. The van der Waals surface area contributed by atoms with E-state index in [2.05, 4.69) is 35.0 Å². The fourth-order valence-corrected chi connectivity index (χ4v) is 4.45. The van der Waals surface area contributed by atoms with Crippen LogP contribution in [0.5, 0.6) is 0 Å². The summed E-state index contributed by atoms with van der Waals surface area (Å²) in [7, 11) is 0. The van der Waals surface area contributed by atoms with Crippen LogP contribution in [-0.4, -0.2) is 17.3 Å². The highest BCUT2D eigenvalue weighted by atomic mass is 32.1. The molecule has 0 radical (unpaired) electrons. The van der Waals surface area contributed by atoms with E-state index in [4.69, 9.17) is 0 Å². The number of aromatic nitrogens is 1. The van der Waals surface area contributed by atoms with Crippen LogP contribution in [-0.2, 0) is 12.8 Å². The summed E-state index contributed by atoms with van der Waals surface area (Å²) in [4.78, 5) is 20.2. The van der Waals surface area contributed by atoms with E-state index in [1.807, 2.05) is 0 Å². The number of fused-ring (bicyclic) bond motifs is 2. The minimum atomic E-state index is 0.222. The predicted octanol–water partition coefficient (Wildman–Crippen LogP) is 4.05. The highest BCUT2D eigenvalue weighted by Gasteiger charge is 2.26. The van der Waals surface area contributed by atoms with E-state index in [1.165, 1.54) is 21.7 Å². The molecule has 3 nitrogen and oxygen atoms in total. The largest absolute Gasteiger partial charge is 0.318 e. The molecule has 108 valence electrons. The minimum absolute atomic E-state index is 0.222. The summed E-state index contributed by atoms with van der Waals surface area (Å²) < 4.78 is 0. The molecule has 2 aromatic rings. The summed E-state index contributed by atoms with van der Waals surface area (Å²) in [5.74, 6) is 0.222. The predicted molar refractivity (Wildman–Crippen MR) is 85.9 cm³/mol. The maximum Gasteiger partial charge on any atom is 0.190 e. The van der Waals surface area contributed by atoms with Crippen molar-refractivity contribution in [1.82, 2.24) is 4.98 Å². The van der Waals surface area contributed by atoms with Gasteiger partial charge in [0.25, 0.3) is 0 Å². The zero-order chi connectivity index (χ0) is 14.4. The number of aryl methyl sites for hydroxylation is 3. The van der Waals surface area contributed by atoms with Crippen LogP contribution >= 0.6 is 11.3 Å². The van der Waals surface area contributed by atoms with Gasteiger partial charge in [-0.3, -0.25) is 4.79 Å². The van der Waals surface area contributed by atoms with Gasteiger partial charge in [0.05, 0.1) is 0 Å². The van der Waals surface area contributed by atoms with Crippen molar-refractivity contribution in [2.24, 2.45) is 0 Å². The third-order valence-corrected chi connectivity index (χ3v) is 5.48. The Morgan fingerprint density at radius 2 is 2.10 bits per heavy atom. The number of anilines is 2. The molecule has 0 bridgehead atoms. The van der Waals surface area contributed by atoms with Crippen molar-refractivity contribution >= 4 is 27.9 Å². The summed E-state index contributed by atoms with van der Waals surface area (Å²) in [6.45, 7) is 3.14. The van der Waals surface area contributed by atoms with Crippen LogP contribution in [0.3, 0.4) is 0 Å². The average Bonchev–Trinajstić information content (AvgIpc) is 2.91. The summed E-state index contributed by atoms with van der Waals surface area (Å²) in [5, 5.41) is 1.00. The van der Waals surface area contributed by atoms with Gasteiger partial charge in [-0.05, 0) is 44.2 Å². The molecule has 0 unspecified atom stereocenters. The second-order valence-electron chi connectivity index (χ2n) is 5.93. The van der Waals surface area contributed by atoms with Crippen LogP contribution in [0, 0.1) is 6.92 Å². The maximum absolute atomic E-state index is 12.0. The van der Waals surface area contributed by atoms with Gasteiger partial charge in [-0.15, -0.1) is 11.3 Å². The average molecular weight is 298 g/mol. The Hall–Kier alpha value is -1.68. The first kappa shape index (κ1) is 13.0. The fourth-order valence-electron chi connectivity index (χ4n) is 3.29. The van der Waals surface area contributed by atoms with Gasteiger partial charge < -0.3 is 4.90 Å². The van der Waals surface area contributed by atoms with Crippen molar-refractivity contribution < 1.29 is 4.79 Å². The van der Waals surface area contributed by atoms with Crippen LogP contribution < -0.4 is 4.90 Å². The fraction of sp³-hybridized carbons (Fsp3) is 0.412. The van der Waals surface area contributed by atoms with Crippen LogP contribution in [0.2, 0.25) is 0 Å². The number of carbonyl (C=O) groups is 1. The summed E-state index contributed by atoms with van der Waals surface area (Å²) >= 11 is 1.71. The van der Waals surface area contributed by atoms with E-state index in [0.29, 0.717) is 6.42 Å². The van der Waals surface area contributed by atoms with E-state index in [0.717, 1.165) is 43.1 Å². The molecule has 1 aromatic heterocycles. The molecule has 21 heavy (non-hydrogen) atoms. The summed E-state index contributed by atoms with van der Waals surface area (Å²) in [6.07, 6.45) is 4.93. The first-order chi connectivity index (χ1) is 10.2. The lowest BCUT2D eigenvalue weighted by atomic mass is 10.00. The van der Waals surface area contributed by atoms with E-state index in [1.54, 1.807) is 11.3 Å². The molecule has 1 aliphatic carbocycles. The van der Waals surface area contributed by atoms with E-state index in [9.17, 15) is 4.79 Å². The maximum atomic E-state index is 12.0. The van der Waals surface area contributed by atoms with E-state index in [-0.39, 0.29) is 5.78 Å². The molecule has 0 saturated heterocycles. The monoisotopic (exact) mass is 298 g/mol. The van der Waals surface area contributed by atoms with Crippen LogP contribution in [0.1, 0.15) is 45.8 Å². The number of thiazole rings is 1. The Bertz CT molecular complexity index is 720. The second kappa shape index (κ2) is 4.95. The quantitative estimate of drug-likeness (QED) is 0.796. The molecule has 2 heterocycles. The number of rotatable bonds is 1. The smallest absolute Gasteiger partial charge is 0.190 e. The normalized spacial score (nSPS) is 17.6. The van der Waals surface area contributed by atoms with Crippen LogP contribution in [0.4, 0.5) is 10.8 Å². The van der Waals surface area contributed by atoms with Gasteiger partial charge in [-0.25, -0.2) is 4.98 Å². The molecule has 0 saturated carbocycles. The number of Topliss-reactive ketones (excluding diaryl/α,β-unsaturated/α-hetero) is 1. The molecular formula is C17H18N2OS. The molecular weight excluding hydrogens is 280 g/mol. The molecule has 2 aliphatic rings. The van der Waals surface area contributed by atoms with Gasteiger partial charge in [0.2, 0.25) is 0 Å². The topological polar surface area (TPSA) is 33.2 Å². The van der Waals surface area contributed by atoms with Gasteiger partial charge in [0, 0.05) is 23.5 Å². The van der Waals surface area contributed by atoms with Gasteiger partial charge in [-0.2, -0.15) is 0 Å². The summed E-state index contributed by atoms with van der Waals surface area (Å²) in [6, 6.07) is 6.64. The van der Waals surface area contributed by atoms with Crippen molar-refractivity contribution in [2.75, 3.05) is 11.4 Å². The Balaban J connectivity index is 1.77. The number of hydrogen-bond donors (Lipinski definition) is 0. The Kier molecular flexibility index (Phi) is 3.07. The molecule has 4 heteroatoms.